The normalized spacial score (nSPS) is 18.2. The van der Waals surface area contributed by atoms with Crippen molar-refractivity contribution in [2.24, 2.45) is 0 Å². The minimum absolute atomic E-state index is 0.0444. The summed E-state index contributed by atoms with van der Waals surface area (Å²) in [6.07, 6.45) is 1.16. The fourth-order valence-corrected chi connectivity index (χ4v) is 2.52. The Kier molecular flexibility index (Phi) is 4.26. The summed E-state index contributed by atoms with van der Waals surface area (Å²) < 4.78 is 0. The number of aliphatic hydroxyl groups excluding tert-OH is 1. The largest absolute Gasteiger partial charge is 0.392 e. The zero-order valence-corrected chi connectivity index (χ0v) is 11.0. The average molecular weight is 255 g/mol. The van der Waals surface area contributed by atoms with Crippen LogP contribution in [0.2, 0.25) is 5.02 Å². The van der Waals surface area contributed by atoms with E-state index in [1.807, 2.05) is 18.2 Å². The Hall–Kier alpha value is -0.770. The highest BCUT2D eigenvalue weighted by molar-refractivity contribution is 6.33. The zero-order valence-electron chi connectivity index (χ0n) is 10.2. The summed E-state index contributed by atoms with van der Waals surface area (Å²) in [4.78, 5) is 4.67. The first-order valence-electron chi connectivity index (χ1n) is 6.03. The molecule has 17 heavy (non-hydrogen) atoms. The van der Waals surface area contributed by atoms with Gasteiger partial charge in [0.2, 0.25) is 0 Å². The molecule has 1 aliphatic rings. The van der Waals surface area contributed by atoms with Gasteiger partial charge in [0.25, 0.3) is 0 Å². The van der Waals surface area contributed by atoms with E-state index in [1.165, 1.54) is 0 Å². The number of rotatable bonds is 2. The van der Waals surface area contributed by atoms with E-state index in [0.29, 0.717) is 0 Å². The summed E-state index contributed by atoms with van der Waals surface area (Å²) in [7, 11) is 2.15. The number of likely N-dealkylation sites (N-methyl/N-ethyl adjacent to an activating group) is 1. The number of aliphatic hydroxyl groups is 1. The van der Waals surface area contributed by atoms with Crippen LogP contribution in [0.4, 0.5) is 5.69 Å². The lowest BCUT2D eigenvalue weighted by Crippen LogP contribution is -2.28. The van der Waals surface area contributed by atoms with Crippen molar-refractivity contribution in [1.29, 1.82) is 0 Å². The van der Waals surface area contributed by atoms with E-state index in [-0.39, 0.29) is 6.61 Å². The molecule has 1 N–H and O–H groups in total. The second-order valence-electron chi connectivity index (χ2n) is 4.59. The highest BCUT2D eigenvalue weighted by Gasteiger charge is 2.14. The monoisotopic (exact) mass is 254 g/mol. The van der Waals surface area contributed by atoms with Gasteiger partial charge in [0.1, 0.15) is 0 Å². The molecule has 1 heterocycles. The standard InChI is InChI=1S/C13H19ClN2O/c1-15-5-2-6-16(8-7-15)13-4-3-11(10-17)9-12(13)14/h3-4,9,17H,2,5-8,10H2,1H3. The molecule has 4 heteroatoms. The van der Waals surface area contributed by atoms with Crippen LogP contribution in [0.1, 0.15) is 12.0 Å². The fraction of sp³-hybridized carbons (Fsp3) is 0.538. The van der Waals surface area contributed by atoms with Gasteiger partial charge in [-0.2, -0.15) is 0 Å². The molecule has 1 aromatic rings. The molecule has 0 bridgehead atoms. The Morgan fingerprint density at radius 3 is 2.76 bits per heavy atom. The lowest BCUT2D eigenvalue weighted by molar-refractivity contribution is 0.282. The average Bonchev–Trinajstić information content (AvgIpc) is 2.54. The Bertz CT molecular complexity index is 384. The third-order valence-corrected chi connectivity index (χ3v) is 3.56. The van der Waals surface area contributed by atoms with Crippen molar-refractivity contribution in [1.82, 2.24) is 4.90 Å². The quantitative estimate of drug-likeness (QED) is 0.874. The molecule has 0 unspecified atom stereocenters. The van der Waals surface area contributed by atoms with Gasteiger partial charge in [0.15, 0.2) is 0 Å². The van der Waals surface area contributed by atoms with Gasteiger partial charge >= 0.3 is 0 Å². The summed E-state index contributed by atoms with van der Waals surface area (Å²) in [5, 5.41) is 9.80. The number of nitrogens with zero attached hydrogens (tertiary/aromatic N) is 2. The van der Waals surface area contributed by atoms with E-state index >= 15 is 0 Å². The molecular weight excluding hydrogens is 236 g/mol. The molecule has 0 amide bonds. The summed E-state index contributed by atoms with van der Waals surface area (Å²) in [5.41, 5.74) is 1.95. The Morgan fingerprint density at radius 2 is 2.06 bits per heavy atom. The van der Waals surface area contributed by atoms with Crippen molar-refractivity contribution in [3.63, 3.8) is 0 Å². The van der Waals surface area contributed by atoms with Gasteiger partial charge in [0, 0.05) is 19.6 Å². The van der Waals surface area contributed by atoms with E-state index in [0.717, 1.165) is 48.9 Å². The molecule has 0 radical (unpaired) electrons. The minimum atomic E-state index is 0.0444. The molecule has 0 saturated carbocycles. The SMILES string of the molecule is CN1CCCN(c2ccc(CO)cc2Cl)CC1. The maximum atomic E-state index is 9.06. The predicted molar refractivity (Wildman–Crippen MR) is 71.7 cm³/mol. The van der Waals surface area contributed by atoms with Gasteiger partial charge in [-0.25, -0.2) is 0 Å². The van der Waals surface area contributed by atoms with Crippen molar-refractivity contribution < 1.29 is 5.11 Å². The predicted octanol–water partition coefficient (Wildman–Crippen LogP) is 1.97. The smallest absolute Gasteiger partial charge is 0.0682 e. The van der Waals surface area contributed by atoms with E-state index in [4.69, 9.17) is 16.7 Å². The van der Waals surface area contributed by atoms with Gasteiger partial charge in [-0.1, -0.05) is 17.7 Å². The van der Waals surface area contributed by atoms with E-state index in [9.17, 15) is 0 Å². The summed E-state index contributed by atoms with van der Waals surface area (Å²) in [6.45, 7) is 4.31. The number of anilines is 1. The topological polar surface area (TPSA) is 26.7 Å². The van der Waals surface area contributed by atoms with Crippen molar-refractivity contribution in [3.05, 3.63) is 28.8 Å². The molecule has 1 fully saturated rings. The van der Waals surface area contributed by atoms with Crippen LogP contribution in [0.3, 0.4) is 0 Å². The summed E-state index contributed by atoms with van der Waals surface area (Å²) >= 11 is 6.26. The first-order valence-corrected chi connectivity index (χ1v) is 6.41. The molecule has 2 rings (SSSR count). The molecule has 0 atom stereocenters. The van der Waals surface area contributed by atoms with E-state index in [2.05, 4.69) is 16.8 Å². The van der Waals surface area contributed by atoms with Crippen LogP contribution in [0, 0.1) is 0 Å². The maximum absolute atomic E-state index is 9.06. The van der Waals surface area contributed by atoms with Crippen LogP contribution < -0.4 is 4.90 Å². The van der Waals surface area contributed by atoms with Crippen LogP contribution >= 0.6 is 11.6 Å². The number of hydrogen-bond donors (Lipinski definition) is 1. The molecule has 1 aromatic carbocycles. The van der Waals surface area contributed by atoms with E-state index in [1.54, 1.807) is 0 Å². The van der Waals surface area contributed by atoms with E-state index < -0.39 is 0 Å². The number of benzene rings is 1. The van der Waals surface area contributed by atoms with Gasteiger partial charge in [0.05, 0.1) is 17.3 Å². The lowest BCUT2D eigenvalue weighted by atomic mass is 10.2. The second kappa shape index (κ2) is 5.71. The number of halogens is 1. The molecule has 3 nitrogen and oxygen atoms in total. The Morgan fingerprint density at radius 1 is 1.24 bits per heavy atom. The van der Waals surface area contributed by atoms with Crippen LogP contribution in [0.25, 0.3) is 0 Å². The first kappa shape index (κ1) is 12.7. The third kappa shape index (κ3) is 3.12. The van der Waals surface area contributed by atoms with Crippen LogP contribution in [0.5, 0.6) is 0 Å². The number of hydrogen-bond acceptors (Lipinski definition) is 3. The highest BCUT2D eigenvalue weighted by Crippen LogP contribution is 2.27. The molecule has 94 valence electrons. The maximum Gasteiger partial charge on any atom is 0.0682 e. The highest BCUT2D eigenvalue weighted by atomic mass is 35.5. The Balaban J connectivity index is 2.15. The molecule has 1 saturated heterocycles. The fourth-order valence-electron chi connectivity index (χ4n) is 2.19. The summed E-state index contributed by atoms with van der Waals surface area (Å²) in [6, 6.07) is 5.81. The molecule has 0 spiro atoms. The lowest BCUT2D eigenvalue weighted by Gasteiger charge is -2.24. The summed E-state index contributed by atoms with van der Waals surface area (Å²) in [5.74, 6) is 0. The van der Waals surface area contributed by atoms with Crippen LogP contribution in [0.15, 0.2) is 18.2 Å². The van der Waals surface area contributed by atoms with Crippen molar-refractivity contribution in [2.45, 2.75) is 13.0 Å². The molecular formula is C13H19ClN2O. The second-order valence-corrected chi connectivity index (χ2v) is 4.99. The first-order chi connectivity index (χ1) is 8.20. The third-order valence-electron chi connectivity index (χ3n) is 3.25. The van der Waals surface area contributed by atoms with Gasteiger partial charge in [-0.05, 0) is 37.7 Å². The van der Waals surface area contributed by atoms with Crippen LogP contribution in [-0.4, -0.2) is 43.2 Å². The van der Waals surface area contributed by atoms with Crippen LogP contribution in [-0.2, 0) is 6.61 Å². The minimum Gasteiger partial charge on any atom is -0.392 e. The van der Waals surface area contributed by atoms with Gasteiger partial charge in [-0.3, -0.25) is 0 Å². The zero-order chi connectivity index (χ0) is 12.3. The van der Waals surface area contributed by atoms with Gasteiger partial charge in [-0.15, -0.1) is 0 Å². The van der Waals surface area contributed by atoms with Crippen molar-refractivity contribution in [3.8, 4) is 0 Å². The molecule has 1 aliphatic heterocycles. The van der Waals surface area contributed by atoms with Crippen molar-refractivity contribution >= 4 is 17.3 Å². The Labute approximate surface area is 108 Å². The molecule has 0 aromatic heterocycles. The van der Waals surface area contributed by atoms with Crippen molar-refractivity contribution in [2.75, 3.05) is 38.1 Å². The van der Waals surface area contributed by atoms with Gasteiger partial charge < -0.3 is 14.9 Å². The molecule has 0 aliphatic carbocycles.